The summed E-state index contributed by atoms with van der Waals surface area (Å²) in [6.45, 7) is 1.42. The molecule has 0 radical (unpaired) electrons. The van der Waals surface area contributed by atoms with Crippen molar-refractivity contribution < 1.29 is 23.1 Å². The molecular formula is C17H15F3O2. The van der Waals surface area contributed by atoms with E-state index in [1.54, 1.807) is 30.3 Å². The fourth-order valence-corrected chi connectivity index (χ4v) is 2.29. The van der Waals surface area contributed by atoms with Crippen LogP contribution in [0, 0.1) is 5.92 Å². The fraction of sp³-hybridized carbons (Fsp3) is 0.235. The van der Waals surface area contributed by atoms with Gasteiger partial charge in [-0.3, -0.25) is 4.79 Å². The normalized spacial score (nSPS) is 14.4. The van der Waals surface area contributed by atoms with Crippen LogP contribution < -0.4 is 0 Å². The summed E-state index contributed by atoms with van der Waals surface area (Å²) in [5, 5.41) is 10.2. The molecule has 1 N–H and O–H groups in total. The second-order valence-electron chi connectivity index (χ2n) is 5.05. The molecule has 0 spiro atoms. The van der Waals surface area contributed by atoms with Crippen LogP contribution >= 0.6 is 0 Å². The van der Waals surface area contributed by atoms with Crippen molar-refractivity contribution in [2.75, 3.05) is 0 Å². The van der Waals surface area contributed by atoms with E-state index in [1.807, 2.05) is 0 Å². The number of ketones is 1. The van der Waals surface area contributed by atoms with E-state index in [1.165, 1.54) is 25.1 Å². The number of halogens is 3. The molecule has 0 aliphatic carbocycles. The third-order valence-electron chi connectivity index (χ3n) is 3.53. The maximum absolute atomic E-state index is 13.0. The molecule has 2 aromatic rings. The number of aliphatic hydroxyl groups is 1. The molecule has 2 aromatic carbocycles. The zero-order valence-corrected chi connectivity index (χ0v) is 11.8. The van der Waals surface area contributed by atoms with Gasteiger partial charge >= 0.3 is 6.18 Å². The minimum Gasteiger partial charge on any atom is -0.388 e. The standard InChI is InChI=1S/C17H15F3O2/c1-11(15(21)12-7-3-2-4-8-12)16(22)13-9-5-6-10-14(13)17(18,19)20/h2-11,16,22H,1H3/t11-,16-/m1/s1. The highest BCUT2D eigenvalue weighted by molar-refractivity contribution is 5.98. The van der Waals surface area contributed by atoms with E-state index in [-0.39, 0.29) is 5.56 Å². The van der Waals surface area contributed by atoms with Gasteiger partial charge < -0.3 is 5.11 Å². The zero-order valence-electron chi connectivity index (χ0n) is 11.8. The third-order valence-corrected chi connectivity index (χ3v) is 3.53. The van der Waals surface area contributed by atoms with E-state index in [0.29, 0.717) is 5.56 Å². The van der Waals surface area contributed by atoms with Crippen LogP contribution in [-0.2, 0) is 6.18 Å². The molecule has 2 rings (SSSR count). The summed E-state index contributed by atoms with van der Waals surface area (Å²) in [5.74, 6) is -1.38. The summed E-state index contributed by atoms with van der Waals surface area (Å²) < 4.78 is 39.0. The van der Waals surface area contributed by atoms with E-state index < -0.39 is 29.5 Å². The van der Waals surface area contributed by atoms with Gasteiger partial charge in [0, 0.05) is 11.5 Å². The predicted octanol–water partition coefficient (Wildman–Crippen LogP) is 4.26. The largest absolute Gasteiger partial charge is 0.416 e. The molecule has 0 heterocycles. The van der Waals surface area contributed by atoms with Crippen LogP contribution in [0.2, 0.25) is 0 Å². The lowest BCUT2D eigenvalue weighted by Gasteiger charge is -2.22. The Morgan fingerprint density at radius 1 is 1.00 bits per heavy atom. The lowest BCUT2D eigenvalue weighted by Crippen LogP contribution is -2.22. The SMILES string of the molecule is C[C@H](C(=O)c1ccccc1)[C@@H](O)c1ccccc1C(F)(F)F. The molecule has 2 atom stereocenters. The minimum absolute atomic E-state index is 0.285. The molecule has 5 heteroatoms. The van der Waals surface area contributed by atoms with Crippen molar-refractivity contribution >= 4 is 5.78 Å². The van der Waals surface area contributed by atoms with Gasteiger partial charge in [0.25, 0.3) is 0 Å². The quantitative estimate of drug-likeness (QED) is 0.857. The van der Waals surface area contributed by atoms with Gasteiger partial charge in [-0.1, -0.05) is 55.5 Å². The maximum Gasteiger partial charge on any atom is 0.416 e. The van der Waals surface area contributed by atoms with E-state index in [9.17, 15) is 23.1 Å². The van der Waals surface area contributed by atoms with Crippen LogP contribution in [0.1, 0.15) is 34.5 Å². The first-order chi connectivity index (χ1) is 10.3. The molecule has 0 saturated carbocycles. The van der Waals surface area contributed by atoms with Gasteiger partial charge in [0.15, 0.2) is 5.78 Å². The van der Waals surface area contributed by atoms with Crippen molar-refractivity contribution in [3.05, 3.63) is 71.3 Å². The van der Waals surface area contributed by atoms with E-state index in [2.05, 4.69) is 0 Å². The monoisotopic (exact) mass is 308 g/mol. The Kier molecular flexibility index (Phi) is 4.66. The average molecular weight is 308 g/mol. The van der Waals surface area contributed by atoms with Crippen LogP contribution in [0.3, 0.4) is 0 Å². The van der Waals surface area contributed by atoms with Crippen molar-refractivity contribution in [3.8, 4) is 0 Å². The zero-order chi connectivity index (χ0) is 16.3. The highest BCUT2D eigenvalue weighted by Crippen LogP contribution is 2.37. The molecule has 0 bridgehead atoms. The van der Waals surface area contributed by atoms with Gasteiger partial charge in [0.05, 0.1) is 11.7 Å². The second-order valence-corrected chi connectivity index (χ2v) is 5.05. The first-order valence-electron chi connectivity index (χ1n) is 6.76. The Labute approximate surface area is 126 Å². The Bertz CT molecular complexity index is 650. The number of Topliss-reactive ketones (excluding diaryl/α,β-unsaturated/α-hetero) is 1. The Hall–Kier alpha value is -2.14. The number of benzene rings is 2. The molecule has 116 valence electrons. The number of rotatable bonds is 4. The summed E-state index contributed by atoms with van der Waals surface area (Å²) in [5.41, 5.74) is -0.847. The van der Waals surface area contributed by atoms with Crippen molar-refractivity contribution in [2.45, 2.75) is 19.2 Å². The first kappa shape index (κ1) is 16.2. The van der Waals surface area contributed by atoms with Gasteiger partial charge in [0.2, 0.25) is 0 Å². The minimum atomic E-state index is -4.58. The summed E-state index contributed by atoms with van der Waals surface area (Å²) >= 11 is 0. The summed E-state index contributed by atoms with van der Waals surface area (Å²) in [4.78, 5) is 12.3. The van der Waals surface area contributed by atoms with Crippen molar-refractivity contribution in [1.82, 2.24) is 0 Å². The van der Waals surface area contributed by atoms with Crippen molar-refractivity contribution in [1.29, 1.82) is 0 Å². The molecule has 0 saturated heterocycles. The Morgan fingerprint density at radius 3 is 2.14 bits per heavy atom. The molecule has 0 amide bonds. The van der Waals surface area contributed by atoms with E-state index in [4.69, 9.17) is 0 Å². The molecule has 0 unspecified atom stereocenters. The summed E-state index contributed by atoms with van der Waals surface area (Å²) in [6, 6.07) is 13.0. The maximum atomic E-state index is 13.0. The number of carbonyl (C=O) groups excluding carboxylic acids is 1. The number of aliphatic hydroxyl groups excluding tert-OH is 1. The van der Waals surface area contributed by atoms with Gasteiger partial charge in [-0.05, 0) is 11.6 Å². The summed E-state index contributed by atoms with van der Waals surface area (Å²) in [7, 11) is 0. The van der Waals surface area contributed by atoms with Gasteiger partial charge in [0.1, 0.15) is 0 Å². The predicted molar refractivity (Wildman–Crippen MR) is 76.3 cm³/mol. The lowest BCUT2D eigenvalue weighted by molar-refractivity contribution is -0.139. The molecular weight excluding hydrogens is 293 g/mol. The van der Waals surface area contributed by atoms with Gasteiger partial charge in [-0.2, -0.15) is 13.2 Å². The molecule has 22 heavy (non-hydrogen) atoms. The molecule has 0 aromatic heterocycles. The number of alkyl halides is 3. The van der Waals surface area contributed by atoms with E-state index in [0.717, 1.165) is 6.07 Å². The van der Waals surface area contributed by atoms with Gasteiger partial charge in [-0.15, -0.1) is 0 Å². The van der Waals surface area contributed by atoms with Crippen LogP contribution in [-0.4, -0.2) is 10.9 Å². The van der Waals surface area contributed by atoms with Crippen LogP contribution in [0.5, 0.6) is 0 Å². The highest BCUT2D eigenvalue weighted by atomic mass is 19.4. The summed E-state index contributed by atoms with van der Waals surface area (Å²) in [6.07, 6.45) is -6.10. The molecule has 0 aliphatic rings. The average Bonchev–Trinajstić information content (AvgIpc) is 2.52. The Morgan fingerprint density at radius 2 is 1.55 bits per heavy atom. The lowest BCUT2D eigenvalue weighted by atomic mass is 9.88. The van der Waals surface area contributed by atoms with Crippen LogP contribution in [0.4, 0.5) is 13.2 Å². The Balaban J connectivity index is 2.32. The number of hydrogen-bond acceptors (Lipinski definition) is 2. The smallest absolute Gasteiger partial charge is 0.388 e. The van der Waals surface area contributed by atoms with Crippen molar-refractivity contribution in [2.24, 2.45) is 5.92 Å². The second kappa shape index (κ2) is 6.32. The number of carbonyl (C=O) groups is 1. The van der Waals surface area contributed by atoms with Gasteiger partial charge in [-0.25, -0.2) is 0 Å². The van der Waals surface area contributed by atoms with Crippen LogP contribution in [0.15, 0.2) is 54.6 Å². The molecule has 0 fully saturated rings. The van der Waals surface area contributed by atoms with Crippen LogP contribution in [0.25, 0.3) is 0 Å². The number of hydrogen-bond donors (Lipinski definition) is 1. The highest BCUT2D eigenvalue weighted by Gasteiger charge is 2.36. The molecule has 0 aliphatic heterocycles. The first-order valence-corrected chi connectivity index (χ1v) is 6.76. The van der Waals surface area contributed by atoms with Crippen molar-refractivity contribution in [3.63, 3.8) is 0 Å². The third kappa shape index (κ3) is 3.36. The fourth-order valence-electron chi connectivity index (χ4n) is 2.29. The van der Waals surface area contributed by atoms with E-state index >= 15 is 0 Å². The molecule has 2 nitrogen and oxygen atoms in total. The topological polar surface area (TPSA) is 37.3 Å².